The Bertz CT molecular complexity index is 304. The summed E-state index contributed by atoms with van der Waals surface area (Å²) in [6, 6.07) is 0. The first-order valence-electron chi connectivity index (χ1n) is 9.22. The predicted octanol–water partition coefficient (Wildman–Crippen LogP) is 5.91. The summed E-state index contributed by atoms with van der Waals surface area (Å²) in [6.07, 6.45) is 20.7. The Morgan fingerprint density at radius 3 is 2.14 bits per heavy atom. The standard InChI is InChI=1S/C20H34O/c1-3-5-7-17-8-10-18(11-9-17)19-12-14-20(15-13-19)21-16-6-4-2/h4-5,7,17-20H,2-3,6,8-16H2,1H3/t17-,18-,19-,20-. The molecule has 0 bridgehead atoms. The fourth-order valence-electron chi connectivity index (χ4n) is 4.18. The van der Waals surface area contributed by atoms with Gasteiger partial charge in [-0.25, -0.2) is 0 Å². The van der Waals surface area contributed by atoms with Crippen molar-refractivity contribution in [1.29, 1.82) is 0 Å². The van der Waals surface area contributed by atoms with E-state index in [4.69, 9.17) is 4.74 Å². The molecule has 2 fully saturated rings. The number of hydrogen-bond acceptors (Lipinski definition) is 1. The maximum Gasteiger partial charge on any atom is 0.0575 e. The van der Waals surface area contributed by atoms with Crippen molar-refractivity contribution in [2.75, 3.05) is 6.61 Å². The number of hydrogen-bond donors (Lipinski definition) is 0. The molecule has 0 aliphatic heterocycles. The van der Waals surface area contributed by atoms with Crippen LogP contribution in [-0.2, 0) is 4.74 Å². The van der Waals surface area contributed by atoms with Gasteiger partial charge in [0, 0.05) is 0 Å². The summed E-state index contributed by atoms with van der Waals surface area (Å²) in [6.45, 7) is 6.86. The molecular formula is C20H34O. The highest BCUT2D eigenvalue weighted by atomic mass is 16.5. The summed E-state index contributed by atoms with van der Waals surface area (Å²) in [5, 5.41) is 0. The van der Waals surface area contributed by atoms with Crippen LogP contribution in [0.1, 0.15) is 71.1 Å². The van der Waals surface area contributed by atoms with Crippen molar-refractivity contribution in [3.05, 3.63) is 24.8 Å². The smallest absolute Gasteiger partial charge is 0.0575 e. The number of allylic oxidation sites excluding steroid dienone is 2. The summed E-state index contributed by atoms with van der Waals surface area (Å²) in [7, 11) is 0. The van der Waals surface area contributed by atoms with Crippen molar-refractivity contribution in [2.45, 2.75) is 77.2 Å². The molecule has 0 atom stereocenters. The molecule has 2 aliphatic carbocycles. The van der Waals surface area contributed by atoms with Gasteiger partial charge in [0.05, 0.1) is 12.7 Å². The predicted molar refractivity (Wildman–Crippen MR) is 91.4 cm³/mol. The van der Waals surface area contributed by atoms with Crippen molar-refractivity contribution >= 4 is 0 Å². The lowest BCUT2D eigenvalue weighted by Crippen LogP contribution is -2.28. The quantitative estimate of drug-likeness (QED) is 0.418. The zero-order valence-corrected chi connectivity index (χ0v) is 13.9. The molecule has 1 nitrogen and oxygen atoms in total. The van der Waals surface area contributed by atoms with Gasteiger partial charge in [0.1, 0.15) is 0 Å². The van der Waals surface area contributed by atoms with Gasteiger partial charge in [0.2, 0.25) is 0 Å². The van der Waals surface area contributed by atoms with Crippen LogP contribution in [0.4, 0.5) is 0 Å². The minimum absolute atomic E-state index is 0.532. The minimum atomic E-state index is 0.532. The van der Waals surface area contributed by atoms with Gasteiger partial charge in [0.25, 0.3) is 0 Å². The largest absolute Gasteiger partial charge is 0.378 e. The van der Waals surface area contributed by atoms with E-state index in [-0.39, 0.29) is 0 Å². The maximum atomic E-state index is 5.94. The molecule has 0 saturated heterocycles. The van der Waals surface area contributed by atoms with E-state index in [0.717, 1.165) is 30.8 Å². The summed E-state index contributed by atoms with van der Waals surface area (Å²) in [5.41, 5.74) is 0. The average Bonchev–Trinajstić information content (AvgIpc) is 2.54. The van der Waals surface area contributed by atoms with Gasteiger partial charge in [-0.2, -0.15) is 0 Å². The van der Waals surface area contributed by atoms with E-state index in [1.54, 1.807) is 0 Å². The molecule has 0 aromatic rings. The lowest BCUT2D eigenvalue weighted by Gasteiger charge is -2.37. The van der Waals surface area contributed by atoms with Gasteiger partial charge in [-0.15, -0.1) is 6.58 Å². The summed E-state index contributed by atoms with van der Waals surface area (Å²) >= 11 is 0. The van der Waals surface area contributed by atoms with Gasteiger partial charge in [-0.1, -0.05) is 25.2 Å². The Labute approximate surface area is 131 Å². The molecule has 0 radical (unpaired) electrons. The zero-order chi connectivity index (χ0) is 14.9. The lowest BCUT2D eigenvalue weighted by atomic mass is 9.70. The fraction of sp³-hybridized carbons (Fsp3) is 0.800. The monoisotopic (exact) mass is 290 g/mol. The molecule has 0 aromatic heterocycles. The van der Waals surface area contributed by atoms with Crippen LogP contribution in [0.25, 0.3) is 0 Å². The van der Waals surface area contributed by atoms with E-state index >= 15 is 0 Å². The molecule has 0 N–H and O–H groups in total. The second-order valence-electron chi connectivity index (χ2n) is 7.00. The van der Waals surface area contributed by atoms with E-state index in [1.165, 1.54) is 57.8 Å². The first-order chi connectivity index (χ1) is 10.3. The summed E-state index contributed by atoms with van der Waals surface area (Å²) in [4.78, 5) is 0. The average molecular weight is 290 g/mol. The third-order valence-electron chi connectivity index (χ3n) is 5.52. The van der Waals surface area contributed by atoms with E-state index in [1.807, 2.05) is 6.08 Å². The Morgan fingerprint density at radius 1 is 0.952 bits per heavy atom. The molecule has 0 unspecified atom stereocenters. The summed E-state index contributed by atoms with van der Waals surface area (Å²) < 4.78 is 5.94. The van der Waals surface area contributed by atoms with Gasteiger partial charge >= 0.3 is 0 Å². The van der Waals surface area contributed by atoms with Crippen LogP contribution in [0.3, 0.4) is 0 Å². The maximum absolute atomic E-state index is 5.94. The molecule has 0 aromatic carbocycles. The van der Waals surface area contributed by atoms with Crippen LogP contribution in [0.5, 0.6) is 0 Å². The molecule has 120 valence electrons. The second-order valence-corrected chi connectivity index (χ2v) is 7.00. The number of ether oxygens (including phenoxy) is 1. The van der Waals surface area contributed by atoms with Gasteiger partial charge in [-0.3, -0.25) is 0 Å². The molecule has 21 heavy (non-hydrogen) atoms. The Balaban J connectivity index is 1.64. The molecule has 2 aliphatic rings. The Hall–Kier alpha value is -0.560. The van der Waals surface area contributed by atoms with E-state index in [0.29, 0.717) is 6.10 Å². The van der Waals surface area contributed by atoms with Crippen LogP contribution < -0.4 is 0 Å². The van der Waals surface area contributed by atoms with E-state index in [9.17, 15) is 0 Å². The molecule has 2 saturated carbocycles. The first-order valence-corrected chi connectivity index (χ1v) is 9.22. The van der Waals surface area contributed by atoms with Crippen molar-refractivity contribution in [2.24, 2.45) is 17.8 Å². The number of rotatable bonds is 7. The van der Waals surface area contributed by atoms with Crippen LogP contribution >= 0.6 is 0 Å². The molecule has 0 spiro atoms. The van der Waals surface area contributed by atoms with Crippen molar-refractivity contribution in [3.8, 4) is 0 Å². The normalized spacial score (nSPS) is 34.1. The van der Waals surface area contributed by atoms with Crippen molar-refractivity contribution in [1.82, 2.24) is 0 Å². The first kappa shape index (κ1) is 16.8. The van der Waals surface area contributed by atoms with Crippen molar-refractivity contribution < 1.29 is 4.74 Å². The Kier molecular flexibility index (Phi) is 7.57. The van der Waals surface area contributed by atoms with E-state index < -0.39 is 0 Å². The van der Waals surface area contributed by atoms with E-state index in [2.05, 4.69) is 25.7 Å². The van der Waals surface area contributed by atoms with Gasteiger partial charge in [0.15, 0.2) is 0 Å². The fourth-order valence-corrected chi connectivity index (χ4v) is 4.18. The Morgan fingerprint density at radius 2 is 1.57 bits per heavy atom. The summed E-state index contributed by atoms with van der Waals surface area (Å²) in [5.74, 6) is 2.87. The molecule has 0 amide bonds. The topological polar surface area (TPSA) is 9.23 Å². The zero-order valence-electron chi connectivity index (χ0n) is 13.9. The molecule has 0 heterocycles. The van der Waals surface area contributed by atoms with Crippen LogP contribution in [0, 0.1) is 17.8 Å². The highest BCUT2D eigenvalue weighted by molar-refractivity contribution is 4.92. The molecular weight excluding hydrogens is 256 g/mol. The lowest BCUT2D eigenvalue weighted by molar-refractivity contribution is 0.00984. The highest BCUT2D eigenvalue weighted by Gasteiger charge is 2.30. The third-order valence-corrected chi connectivity index (χ3v) is 5.52. The SMILES string of the molecule is C=CCCO[C@H]1CC[C@H]([C@H]2CC[C@H](C=CCC)CC2)CC1. The van der Waals surface area contributed by atoms with Crippen LogP contribution in [0.15, 0.2) is 24.8 Å². The second kappa shape index (κ2) is 9.46. The third kappa shape index (κ3) is 5.62. The molecule has 2 rings (SSSR count). The van der Waals surface area contributed by atoms with Gasteiger partial charge < -0.3 is 4.74 Å². The molecule has 1 heteroatoms. The van der Waals surface area contributed by atoms with Crippen LogP contribution in [0.2, 0.25) is 0 Å². The van der Waals surface area contributed by atoms with Crippen molar-refractivity contribution in [3.63, 3.8) is 0 Å². The van der Waals surface area contributed by atoms with Gasteiger partial charge in [-0.05, 0) is 82.0 Å². The van der Waals surface area contributed by atoms with Crippen LogP contribution in [-0.4, -0.2) is 12.7 Å². The minimum Gasteiger partial charge on any atom is -0.378 e. The highest BCUT2D eigenvalue weighted by Crippen LogP contribution is 2.40.